The second-order valence-corrected chi connectivity index (χ2v) is 9.57. The van der Waals surface area contributed by atoms with Gasteiger partial charge in [0.05, 0.1) is 19.1 Å². The van der Waals surface area contributed by atoms with Crippen LogP contribution in [0, 0.1) is 5.92 Å². The van der Waals surface area contributed by atoms with E-state index in [0.29, 0.717) is 0 Å². The van der Waals surface area contributed by atoms with E-state index in [2.05, 4.69) is 6.92 Å². The zero-order valence-electron chi connectivity index (χ0n) is 22.0. The Balaban J connectivity index is 3.80. The van der Waals surface area contributed by atoms with Gasteiger partial charge in [-0.2, -0.15) is 0 Å². The third-order valence-electron chi connectivity index (χ3n) is 6.38. The molecule has 1 unspecified atom stereocenters. The topological polar surface area (TPSA) is 104 Å². The smallest absolute Gasteiger partial charge is 0.230 e. The lowest BCUT2D eigenvalue weighted by atomic mass is 10.0. The first-order chi connectivity index (χ1) is 16.6. The Morgan fingerprint density at radius 1 is 0.735 bits per heavy atom. The van der Waals surface area contributed by atoms with E-state index in [0.717, 1.165) is 12.8 Å². The van der Waals surface area contributed by atoms with Gasteiger partial charge in [-0.1, -0.05) is 115 Å². The summed E-state index contributed by atoms with van der Waals surface area (Å²) in [6.07, 6.45) is 26.0. The molecule has 0 saturated heterocycles. The van der Waals surface area contributed by atoms with Crippen LogP contribution in [0.5, 0.6) is 0 Å². The number of amides is 2. The van der Waals surface area contributed by atoms with E-state index in [1.807, 2.05) is 6.08 Å². The third kappa shape index (κ3) is 20.0. The number of unbranched alkanes of at least 4 members (excludes halogenated alkanes) is 16. The molecule has 0 aromatic carbocycles. The number of rotatable bonds is 25. The molecule has 0 rings (SSSR count). The maximum Gasteiger partial charge on any atom is 0.230 e. The molecule has 0 aliphatic rings. The molecule has 34 heavy (non-hydrogen) atoms. The molecule has 6 heteroatoms. The summed E-state index contributed by atoms with van der Waals surface area (Å²) in [5, 5.41) is 18.3. The van der Waals surface area contributed by atoms with Gasteiger partial charge in [-0.05, 0) is 12.8 Å². The van der Waals surface area contributed by atoms with Gasteiger partial charge < -0.3 is 20.8 Å². The van der Waals surface area contributed by atoms with E-state index < -0.39 is 11.8 Å². The van der Waals surface area contributed by atoms with Crippen LogP contribution in [0.1, 0.15) is 122 Å². The fourth-order valence-electron chi connectivity index (χ4n) is 4.33. The second kappa shape index (κ2) is 24.7. The van der Waals surface area contributed by atoms with Crippen molar-refractivity contribution in [3.8, 4) is 0 Å². The third-order valence-corrected chi connectivity index (χ3v) is 6.38. The molecule has 0 radical (unpaired) electrons. The van der Waals surface area contributed by atoms with E-state index in [9.17, 15) is 9.59 Å². The number of hydrogen-bond donors (Lipinski definition) is 3. The van der Waals surface area contributed by atoms with Gasteiger partial charge in [-0.15, -0.1) is 0 Å². The minimum absolute atomic E-state index is 0.0539. The van der Waals surface area contributed by atoms with Crippen molar-refractivity contribution in [2.45, 2.75) is 122 Å². The summed E-state index contributed by atoms with van der Waals surface area (Å²) in [5.41, 5.74) is 5.31. The SMILES string of the molecule is CCCCCCCCCCCCCCCCCCC=CC(CC(N)=O)C(=O)N(CCO)CCO. The Kier molecular flexibility index (Phi) is 23.7. The standard InChI is InChI=1S/C28H54N2O4/c1-2-3-4-5-6-7-8-9-10-11-12-13-14-15-16-17-18-19-20-26(25-27(29)33)28(34)30(21-23-31)22-24-32/h19-20,26,31-32H,2-18,21-25H2,1H3,(H2,29,33). The van der Waals surface area contributed by atoms with Gasteiger partial charge in [0, 0.05) is 19.5 Å². The second-order valence-electron chi connectivity index (χ2n) is 9.57. The highest BCUT2D eigenvalue weighted by Crippen LogP contribution is 2.15. The van der Waals surface area contributed by atoms with E-state index in [1.165, 1.54) is 101 Å². The molecule has 6 nitrogen and oxygen atoms in total. The summed E-state index contributed by atoms with van der Waals surface area (Å²) in [4.78, 5) is 25.4. The monoisotopic (exact) mass is 482 g/mol. The average Bonchev–Trinajstić information content (AvgIpc) is 2.81. The van der Waals surface area contributed by atoms with Gasteiger partial charge in [-0.3, -0.25) is 9.59 Å². The van der Waals surface area contributed by atoms with Crippen LogP contribution in [-0.4, -0.2) is 53.2 Å². The number of aliphatic hydroxyl groups excluding tert-OH is 2. The fraction of sp³-hybridized carbons (Fsp3) is 0.857. The van der Waals surface area contributed by atoms with Crippen LogP contribution in [0.25, 0.3) is 0 Å². The van der Waals surface area contributed by atoms with Gasteiger partial charge >= 0.3 is 0 Å². The number of hydrogen-bond acceptors (Lipinski definition) is 4. The molecule has 200 valence electrons. The summed E-state index contributed by atoms with van der Waals surface area (Å²) in [7, 11) is 0. The van der Waals surface area contributed by atoms with Gasteiger partial charge in [0.25, 0.3) is 0 Å². The first-order valence-corrected chi connectivity index (χ1v) is 14.0. The van der Waals surface area contributed by atoms with Gasteiger partial charge in [0.1, 0.15) is 0 Å². The van der Waals surface area contributed by atoms with Crippen LogP contribution in [0.2, 0.25) is 0 Å². The molecule has 2 amide bonds. The summed E-state index contributed by atoms with van der Waals surface area (Å²) in [6, 6.07) is 0. The number of carbonyl (C=O) groups excluding carboxylic acids is 2. The molecule has 0 saturated carbocycles. The molecule has 0 bridgehead atoms. The molecule has 0 aliphatic carbocycles. The lowest BCUT2D eigenvalue weighted by molar-refractivity contribution is -0.137. The lowest BCUT2D eigenvalue weighted by Crippen LogP contribution is -2.40. The van der Waals surface area contributed by atoms with E-state index in [4.69, 9.17) is 15.9 Å². The van der Waals surface area contributed by atoms with E-state index >= 15 is 0 Å². The first kappa shape index (κ1) is 32.6. The average molecular weight is 483 g/mol. The highest BCUT2D eigenvalue weighted by Gasteiger charge is 2.23. The number of aliphatic hydroxyl groups is 2. The number of primary amides is 1. The zero-order valence-corrected chi connectivity index (χ0v) is 22.0. The lowest BCUT2D eigenvalue weighted by Gasteiger charge is -2.24. The predicted octanol–water partition coefficient (Wildman–Crippen LogP) is 5.50. The summed E-state index contributed by atoms with van der Waals surface area (Å²) in [5.74, 6) is -1.43. The van der Waals surface area contributed by atoms with Crippen LogP contribution in [0.15, 0.2) is 12.2 Å². The van der Waals surface area contributed by atoms with Crippen LogP contribution in [0.3, 0.4) is 0 Å². The van der Waals surface area contributed by atoms with Crippen LogP contribution in [0.4, 0.5) is 0 Å². The van der Waals surface area contributed by atoms with Crippen molar-refractivity contribution in [3.63, 3.8) is 0 Å². The predicted molar refractivity (Wildman–Crippen MR) is 141 cm³/mol. The number of carbonyl (C=O) groups is 2. The Hall–Kier alpha value is -1.40. The van der Waals surface area contributed by atoms with Crippen LogP contribution in [-0.2, 0) is 9.59 Å². The Morgan fingerprint density at radius 2 is 1.15 bits per heavy atom. The summed E-state index contributed by atoms with van der Waals surface area (Å²) in [6.45, 7) is 2.19. The van der Waals surface area contributed by atoms with Gasteiger partial charge in [-0.25, -0.2) is 0 Å². The van der Waals surface area contributed by atoms with Crippen molar-refractivity contribution in [2.24, 2.45) is 11.7 Å². The Labute approximate surface area is 209 Å². The molecule has 1 atom stereocenters. The largest absolute Gasteiger partial charge is 0.395 e. The molecule has 0 aliphatic heterocycles. The summed E-state index contributed by atoms with van der Waals surface area (Å²) >= 11 is 0. The molecular formula is C28H54N2O4. The summed E-state index contributed by atoms with van der Waals surface area (Å²) < 4.78 is 0. The van der Waals surface area contributed by atoms with Crippen molar-refractivity contribution in [3.05, 3.63) is 12.2 Å². The fourth-order valence-corrected chi connectivity index (χ4v) is 4.33. The van der Waals surface area contributed by atoms with Crippen molar-refractivity contribution in [1.29, 1.82) is 0 Å². The van der Waals surface area contributed by atoms with Gasteiger partial charge in [0.2, 0.25) is 11.8 Å². The Bertz CT molecular complexity index is 505. The quantitative estimate of drug-likeness (QED) is 0.118. The maximum atomic E-state index is 12.6. The Morgan fingerprint density at radius 3 is 1.53 bits per heavy atom. The van der Waals surface area contributed by atoms with Crippen LogP contribution >= 0.6 is 0 Å². The van der Waals surface area contributed by atoms with Crippen molar-refractivity contribution in [2.75, 3.05) is 26.3 Å². The molecule has 0 heterocycles. The van der Waals surface area contributed by atoms with Gasteiger partial charge in [0.15, 0.2) is 0 Å². The molecule has 4 N–H and O–H groups in total. The number of allylic oxidation sites excluding steroid dienone is 1. The van der Waals surface area contributed by atoms with Crippen molar-refractivity contribution < 1.29 is 19.8 Å². The molecule has 0 fully saturated rings. The minimum Gasteiger partial charge on any atom is -0.395 e. The normalized spacial score (nSPS) is 12.3. The molecule has 0 aromatic heterocycles. The van der Waals surface area contributed by atoms with Crippen molar-refractivity contribution >= 4 is 11.8 Å². The highest BCUT2D eigenvalue weighted by atomic mass is 16.3. The highest BCUT2D eigenvalue weighted by molar-refractivity contribution is 5.86. The number of nitrogens with zero attached hydrogens (tertiary/aromatic N) is 1. The molecule has 0 spiro atoms. The minimum atomic E-state index is -0.628. The van der Waals surface area contributed by atoms with Crippen molar-refractivity contribution in [1.82, 2.24) is 4.90 Å². The van der Waals surface area contributed by atoms with E-state index in [1.54, 1.807) is 6.08 Å². The first-order valence-electron chi connectivity index (χ1n) is 14.0. The van der Waals surface area contributed by atoms with Crippen LogP contribution < -0.4 is 5.73 Å². The van der Waals surface area contributed by atoms with E-state index in [-0.39, 0.29) is 38.6 Å². The molecule has 0 aromatic rings. The zero-order chi connectivity index (χ0) is 25.3. The number of nitrogens with two attached hydrogens (primary N) is 1. The molecular weight excluding hydrogens is 428 g/mol. The maximum absolute atomic E-state index is 12.6.